The van der Waals surface area contributed by atoms with Crippen molar-refractivity contribution in [1.29, 1.82) is 0 Å². The van der Waals surface area contributed by atoms with Crippen LogP contribution in [0.3, 0.4) is 0 Å². The average Bonchev–Trinajstić information content (AvgIpc) is 2.74. The summed E-state index contributed by atoms with van der Waals surface area (Å²) in [5, 5.41) is 8.94. The summed E-state index contributed by atoms with van der Waals surface area (Å²) >= 11 is 0. The highest BCUT2D eigenvalue weighted by atomic mass is 16.2. The third kappa shape index (κ3) is 6.26. The molecule has 1 aliphatic rings. The van der Waals surface area contributed by atoms with Gasteiger partial charge in [0.25, 0.3) is 0 Å². The Morgan fingerprint density at radius 1 is 1.23 bits per heavy atom. The second kappa shape index (κ2) is 10.4. The van der Waals surface area contributed by atoms with E-state index in [2.05, 4.69) is 44.9 Å². The second-order valence-corrected chi connectivity index (χ2v) is 8.10. The van der Waals surface area contributed by atoms with Crippen LogP contribution in [0.4, 0.5) is 5.82 Å². The lowest BCUT2D eigenvalue weighted by molar-refractivity contribution is -0.130. The van der Waals surface area contributed by atoms with Crippen molar-refractivity contribution in [2.75, 3.05) is 25.4 Å². The first-order valence-electron chi connectivity index (χ1n) is 10.6. The van der Waals surface area contributed by atoms with E-state index in [9.17, 15) is 9.59 Å². The lowest BCUT2D eigenvalue weighted by Gasteiger charge is -2.33. The molecule has 1 aliphatic heterocycles. The van der Waals surface area contributed by atoms with Gasteiger partial charge in [-0.2, -0.15) is 0 Å². The molecule has 0 aliphatic carbocycles. The van der Waals surface area contributed by atoms with E-state index in [1.807, 2.05) is 25.1 Å². The first kappa shape index (κ1) is 22.7. The number of anilines is 1. The Balaban J connectivity index is 1.49. The van der Waals surface area contributed by atoms with Crippen molar-refractivity contribution in [3.05, 3.63) is 58.8 Å². The van der Waals surface area contributed by atoms with E-state index < -0.39 is 6.04 Å². The predicted octanol–water partition coefficient (Wildman–Crippen LogP) is 0.876. The molecule has 0 radical (unpaired) electrons. The van der Waals surface area contributed by atoms with Gasteiger partial charge >= 0.3 is 0 Å². The molecule has 8 nitrogen and oxygen atoms in total. The van der Waals surface area contributed by atoms with Crippen LogP contribution in [0.2, 0.25) is 0 Å². The predicted molar refractivity (Wildman–Crippen MR) is 121 cm³/mol. The summed E-state index contributed by atoms with van der Waals surface area (Å²) < 4.78 is 0. The molecule has 1 aromatic carbocycles. The molecule has 1 aromatic heterocycles. The first-order chi connectivity index (χ1) is 14.8. The summed E-state index contributed by atoms with van der Waals surface area (Å²) in [6.45, 7) is 8.99. The Hall–Kier alpha value is -2.97. The lowest BCUT2D eigenvalue weighted by atomic mass is 10.1. The van der Waals surface area contributed by atoms with Crippen molar-refractivity contribution in [3.63, 3.8) is 0 Å². The summed E-state index contributed by atoms with van der Waals surface area (Å²) in [4.78, 5) is 31.7. The molecule has 3 rings (SSSR count). The maximum atomic E-state index is 12.7. The third-order valence-electron chi connectivity index (χ3n) is 5.65. The number of aryl methyl sites for hydroxylation is 2. The van der Waals surface area contributed by atoms with E-state index in [0.29, 0.717) is 18.9 Å². The molecular formula is C23H32N6O2. The number of amides is 2. The number of piperazine rings is 1. The zero-order valence-electron chi connectivity index (χ0n) is 18.4. The number of aromatic nitrogens is 1. The second-order valence-electron chi connectivity index (χ2n) is 8.10. The molecule has 166 valence electrons. The van der Waals surface area contributed by atoms with E-state index in [-0.39, 0.29) is 17.9 Å². The topological polar surface area (TPSA) is 112 Å². The van der Waals surface area contributed by atoms with Crippen LogP contribution in [0, 0.1) is 13.8 Å². The van der Waals surface area contributed by atoms with Gasteiger partial charge < -0.3 is 21.7 Å². The van der Waals surface area contributed by atoms with Crippen molar-refractivity contribution in [2.24, 2.45) is 0 Å². The fourth-order valence-corrected chi connectivity index (χ4v) is 3.67. The van der Waals surface area contributed by atoms with E-state index in [4.69, 9.17) is 5.73 Å². The first-order valence-corrected chi connectivity index (χ1v) is 10.6. The Morgan fingerprint density at radius 3 is 2.74 bits per heavy atom. The number of pyridine rings is 1. The molecule has 5 N–H and O–H groups in total. The number of benzene rings is 1. The van der Waals surface area contributed by atoms with Gasteiger partial charge in [0, 0.05) is 38.4 Å². The van der Waals surface area contributed by atoms with Crippen LogP contribution in [-0.2, 0) is 22.7 Å². The monoisotopic (exact) mass is 424 g/mol. The number of hydrogen-bond donors (Lipinski definition) is 4. The number of hydrogen-bond acceptors (Lipinski definition) is 6. The molecule has 1 saturated heterocycles. The highest BCUT2D eigenvalue weighted by Crippen LogP contribution is 2.12. The largest absolute Gasteiger partial charge is 0.384 e. The van der Waals surface area contributed by atoms with Gasteiger partial charge in [-0.25, -0.2) is 4.98 Å². The molecule has 31 heavy (non-hydrogen) atoms. The minimum atomic E-state index is -0.636. The lowest BCUT2D eigenvalue weighted by Crippen LogP contribution is -2.59. The molecule has 0 spiro atoms. The van der Waals surface area contributed by atoms with Crippen molar-refractivity contribution < 1.29 is 9.59 Å². The maximum Gasteiger partial charge on any atom is 0.242 e. The Labute approximate surface area is 183 Å². The molecule has 8 heteroatoms. The number of carbonyl (C=O) groups excluding carboxylic acids is 2. The zero-order valence-corrected chi connectivity index (χ0v) is 18.4. The summed E-state index contributed by atoms with van der Waals surface area (Å²) in [5.74, 6) is 0.0456. The molecular weight excluding hydrogens is 392 g/mol. The van der Waals surface area contributed by atoms with Crippen LogP contribution < -0.4 is 21.7 Å². The van der Waals surface area contributed by atoms with Crippen LogP contribution in [0.15, 0.2) is 36.4 Å². The Kier molecular flexibility index (Phi) is 7.59. The highest BCUT2D eigenvalue weighted by molar-refractivity contribution is 5.89. The fourth-order valence-electron chi connectivity index (χ4n) is 3.67. The molecule has 1 fully saturated rings. The third-order valence-corrected chi connectivity index (χ3v) is 5.65. The standard InChI is InChI=1S/C23H32N6O2/c1-15-6-4-5-7-19(15)13-29-11-10-25-20(14-29)23(31)28-17(3)22(30)26-12-18-8-9-21(24)27-16(18)2/h4-9,17,20,25H,10-14H2,1-3H3,(H2,24,27)(H,26,30)(H,28,31)/t17?,20-/m1/s1. The quantitative estimate of drug-likeness (QED) is 0.525. The van der Waals surface area contributed by atoms with Crippen LogP contribution in [0.5, 0.6) is 0 Å². The Morgan fingerprint density at radius 2 is 2.00 bits per heavy atom. The number of nitrogens with one attached hydrogen (secondary N) is 3. The van der Waals surface area contributed by atoms with Gasteiger partial charge in [0.05, 0.1) is 6.04 Å². The number of rotatable bonds is 7. The van der Waals surface area contributed by atoms with Gasteiger partial charge in [-0.05, 0) is 43.5 Å². The van der Waals surface area contributed by atoms with Crippen LogP contribution >= 0.6 is 0 Å². The van der Waals surface area contributed by atoms with Crippen molar-refractivity contribution >= 4 is 17.6 Å². The summed E-state index contributed by atoms with van der Waals surface area (Å²) in [5.41, 5.74) is 9.84. The van der Waals surface area contributed by atoms with Crippen LogP contribution in [-0.4, -0.2) is 53.4 Å². The Bertz CT molecular complexity index is 932. The molecule has 0 bridgehead atoms. The molecule has 0 saturated carbocycles. The summed E-state index contributed by atoms with van der Waals surface area (Å²) in [7, 11) is 0. The minimum Gasteiger partial charge on any atom is -0.384 e. The molecule has 2 atom stereocenters. The summed E-state index contributed by atoms with van der Waals surface area (Å²) in [6, 6.07) is 10.9. The van der Waals surface area contributed by atoms with Gasteiger partial charge in [-0.15, -0.1) is 0 Å². The van der Waals surface area contributed by atoms with E-state index in [1.165, 1.54) is 11.1 Å². The van der Waals surface area contributed by atoms with Crippen molar-refractivity contribution in [3.8, 4) is 0 Å². The maximum absolute atomic E-state index is 12.7. The van der Waals surface area contributed by atoms with Gasteiger partial charge in [-0.3, -0.25) is 14.5 Å². The van der Waals surface area contributed by atoms with Gasteiger partial charge in [0.1, 0.15) is 11.9 Å². The highest BCUT2D eigenvalue weighted by Gasteiger charge is 2.27. The normalized spacial score (nSPS) is 17.7. The fraction of sp³-hybridized carbons (Fsp3) is 0.435. The molecule has 2 amide bonds. The molecule has 1 unspecified atom stereocenters. The van der Waals surface area contributed by atoms with Crippen molar-refractivity contribution in [1.82, 2.24) is 25.8 Å². The number of nitrogen functional groups attached to an aromatic ring is 1. The number of nitrogens with zero attached hydrogens (tertiary/aromatic N) is 2. The molecule has 2 aromatic rings. The summed E-state index contributed by atoms with van der Waals surface area (Å²) in [6.07, 6.45) is 0. The molecule has 2 heterocycles. The average molecular weight is 425 g/mol. The van der Waals surface area contributed by atoms with Crippen molar-refractivity contribution in [2.45, 2.75) is 45.9 Å². The van der Waals surface area contributed by atoms with E-state index in [0.717, 1.165) is 30.9 Å². The van der Waals surface area contributed by atoms with Gasteiger partial charge in [0.15, 0.2) is 0 Å². The zero-order chi connectivity index (χ0) is 22.4. The van der Waals surface area contributed by atoms with Crippen LogP contribution in [0.1, 0.15) is 29.3 Å². The number of carbonyl (C=O) groups is 2. The van der Waals surface area contributed by atoms with E-state index >= 15 is 0 Å². The minimum absolute atomic E-state index is 0.164. The van der Waals surface area contributed by atoms with Crippen LogP contribution in [0.25, 0.3) is 0 Å². The van der Waals surface area contributed by atoms with Gasteiger partial charge in [-0.1, -0.05) is 30.3 Å². The number of nitrogens with two attached hydrogens (primary N) is 1. The van der Waals surface area contributed by atoms with E-state index in [1.54, 1.807) is 13.0 Å². The smallest absolute Gasteiger partial charge is 0.242 e. The van der Waals surface area contributed by atoms with Gasteiger partial charge in [0.2, 0.25) is 11.8 Å². The SMILES string of the molecule is Cc1ccccc1CN1CCN[C@@H](C(=O)NC(C)C(=O)NCc2ccc(N)nc2C)C1.